The number of imidazole rings is 1. The van der Waals surface area contributed by atoms with Crippen molar-refractivity contribution in [2.45, 2.75) is 18.6 Å². The number of pyridine rings is 2. The van der Waals surface area contributed by atoms with Crippen LogP contribution in [0, 0.1) is 0 Å². The summed E-state index contributed by atoms with van der Waals surface area (Å²) in [6.07, 6.45) is 6.02. The van der Waals surface area contributed by atoms with E-state index in [0.29, 0.717) is 37.3 Å². The molecule has 144 valence electrons. The van der Waals surface area contributed by atoms with Gasteiger partial charge in [0.05, 0.1) is 42.9 Å². The maximum atomic E-state index is 13.0. The quantitative estimate of drug-likeness (QED) is 0.734. The molecule has 0 radical (unpaired) electrons. The molecule has 1 N–H and O–H groups in total. The summed E-state index contributed by atoms with van der Waals surface area (Å²) < 4.78 is 7.92. The van der Waals surface area contributed by atoms with E-state index in [2.05, 4.69) is 20.3 Å². The molecule has 5 heterocycles. The molecule has 1 spiro atoms. The van der Waals surface area contributed by atoms with Gasteiger partial charge < -0.3 is 19.5 Å². The lowest BCUT2D eigenvalue weighted by atomic mass is 10.0. The second-order valence-corrected chi connectivity index (χ2v) is 7.45. The molecule has 1 unspecified atom stereocenters. The van der Waals surface area contributed by atoms with E-state index < -0.39 is 0 Å². The van der Waals surface area contributed by atoms with Crippen molar-refractivity contribution in [1.82, 2.24) is 29.7 Å². The van der Waals surface area contributed by atoms with E-state index in [1.807, 2.05) is 33.7 Å². The van der Waals surface area contributed by atoms with Crippen molar-refractivity contribution in [3.8, 4) is 0 Å². The van der Waals surface area contributed by atoms with Crippen LogP contribution in [0.2, 0.25) is 0 Å². The van der Waals surface area contributed by atoms with Gasteiger partial charge in [0, 0.05) is 32.0 Å². The summed E-state index contributed by atoms with van der Waals surface area (Å²) in [7, 11) is 0. The van der Waals surface area contributed by atoms with Crippen LogP contribution in [0.4, 0.5) is 0 Å². The third kappa shape index (κ3) is 3.14. The van der Waals surface area contributed by atoms with Crippen molar-refractivity contribution in [3.63, 3.8) is 0 Å². The standard InChI is InChI=1S/C20H22N6O2/c27-19(25-7-4-20(13-25)12-21-6-8-28-20)15-9-17-18(23-10-15)26(14-24-17)11-16-3-1-2-5-22-16/h1-3,5,9-10,14,21H,4,6-8,11-13H2. The predicted molar refractivity (Wildman–Crippen MR) is 103 cm³/mol. The van der Waals surface area contributed by atoms with Gasteiger partial charge in [0.25, 0.3) is 5.91 Å². The SMILES string of the molecule is O=C(c1cnc2c(c1)ncn2Cc1ccccn1)N1CCC2(CNCCO2)C1. The van der Waals surface area contributed by atoms with Crippen LogP contribution in [-0.2, 0) is 11.3 Å². The van der Waals surface area contributed by atoms with Crippen molar-refractivity contribution in [2.24, 2.45) is 0 Å². The van der Waals surface area contributed by atoms with Gasteiger partial charge in [-0.1, -0.05) is 6.07 Å². The van der Waals surface area contributed by atoms with E-state index in [0.717, 1.165) is 30.9 Å². The number of carbonyl (C=O) groups is 1. The number of aromatic nitrogens is 4. The average molecular weight is 378 g/mol. The number of rotatable bonds is 3. The molecule has 0 aliphatic carbocycles. The number of nitrogens with one attached hydrogen (secondary N) is 1. The van der Waals surface area contributed by atoms with Crippen molar-refractivity contribution < 1.29 is 9.53 Å². The molecule has 1 atom stereocenters. The third-order valence-electron chi connectivity index (χ3n) is 5.50. The van der Waals surface area contributed by atoms with Crippen LogP contribution >= 0.6 is 0 Å². The smallest absolute Gasteiger partial charge is 0.255 e. The van der Waals surface area contributed by atoms with Crippen LogP contribution in [0.3, 0.4) is 0 Å². The van der Waals surface area contributed by atoms with Gasteiger partial charge in [0.15, 0.2) is 5.65 Å². The molecule has 8 nitrogen and oxygen atoms in total. The summed E-state index contributed by atoms with van der Waals surface area (Å²) >= 11 is 0. The Bertz CT molecular complexity index is 996. The molecule has 2 fully saturated rings. The molecular weight excluding hydrogens is 356 g/mol. The molecular formula is C20H22N6O2. The van der Waals surface area contributed by atoms with Crippen LogP contribution in [0.15, 0.2) is 43.0 Å². The fraction of sp³-hybridized carbons (Fsp3) is 0.400. The number of nitrogens with zero attached hydrogens (tertiary/aromatic N) is 5. The number of morpholine rings is 1. The van der Waals surface area contributed by atoms with Gasteiger partial charge in [-0.2, -0.15) is 0 Å². The Balaban J connectivity index is 1.35. The fourth-order valence-corrected chi connectivity index (χ4v) is 4.02. The second kappa shape index (κ2) is 6.96. The first kappa shape index (κ1) is 17.3. The highest BCUT2D eigenvalue weighted by atomic mass is 16.5. The zero-order valence-corrected chi connectivity index (χ0v) is 15.5. The molecule has 3 aromatic rings. The van der Waals surface area contributed by atoms with E-state index in [4.69, 9.17) is 4.74 Å². The van der Waals surface area contributed by atoms with Crippen molar-refractivity contribution in [1.29, 1.82) is 0 Å². The lowest BCUT2D eigenvalue weighted by Crippen LogP contribution is -2.51. The first-order valence-electron chi connectivity index (χ1n) is 9.57. The summed E-state index contributed by atoms with van der Waals surface area (Å²) in [6.45, 7) is 4.28. The zero-order valence-electron chi connectivity index (χ0n) is 15.5. The number of fused-ring (bicyclic) bond motifs is 1. The van der Waals surface area contributed by atoms with Gasteiger partial charge in [-0.05, 0) is 24.6 Å². The number of hydrogen-bond acceptors (Lipinski definition) is 6. The van der Waals surface area contributed by atoms with Crippen LogP contribution in [0.25, 0.3) is 11.2 Å². The normalized spacial score (nSPS) is 22.2. The van der Waals surface area contributed by atoms with Crippen molar-refractivity contribution >= 4 is 17.1 Å². The second-order valence-electron chi connectivity index (χ2n) is 7.45. The molecule has 2 aliphatic heterocycles. The number of likely N-dealkylation sites (tertiary alicyclic amines) is 1. The first-order chi connectivity index (χ1) is 13.7. The van der Waals surface area contributed by atoms with E-state index >= 15 is 0 Å². The summed E-state index contributed by atoms with van der Waals surface area (Å²) in [4.78, 5) is 28.1. The highest BCUT2D eigenvalue weighted by Crippen LogP contribution is 2.28. The summed E-state index contributed by atoms with van der Waals surface area (Å²) in [5.41, 5.74) is 2.73. The Morgan fingerprint density at radius 2 is 2.25 bits per heavy atom. The van der Waals surface area contributed by atoms with Crippen molar-refractivity contribution in [3.05, 3.63) is 54.2 Å². The van der Waals surface area contributed by atoms with Crippen LogP contribution < -0.4 is 5.32 Å². The topological polar surface area (TPSA) is 85.2 Å². The molecule has 1 amide bonds. The van der Waals surface area contributed by atoms with Crippen molar-refractivity contribution in [2.75, 3.05) is 32.8 Å². The fourth-order valence-electron chi connectivity index (χ4n) is 4.02. The zero-order chi connectivity index (χ0) is 19.0. The molecule has 8 heteroatoms. The Labute approximate surface area is 162 Å². The Morgan fingerprint density at radius 3 is 3.07 bits per heavy atom. The van der Waals surface area contributed by atoms with Gasteiger partial charge in [0.2, 0.25) is 0 Å². The van der Waals surface area contributed by atoms with Crippen LogP contribution in [-0.4, -0.2) is 68.7 Å². The summed E-state index contributed by atoms with van der Waals surface area (Å²) in [6, 6.07) is 7.64. The minimum absolute atomic E-state index is 0.0141. The molecule has 2 saturated heterocycles. The van der Waals surface area contributed by atoms with Gasteiger partial charge >= 0.3 is 0 Å². The maximum absolute atomic E-state index is 13.0. The highest BCUT2D eigenvalue weighted by molar-refractivity contribution is 5.96. The van der Waals surface area contributed by atoms with E-state index in [1.54, 1.807) is 18.7 Å². The average Bonchev–Trinajstić information content (AvgIpc) is 3.33. The van der Waals surface area contributed by atoms with Crippen LogP contribution in [0.1, 0.15) is 22.5 Å². The predicted octanol–water partition coefficient (Wildman–Crippen LogP) is 1.08. The highest BCUT2D eigenvalue weighted by Gasteiger charge is 2.42. The largest absolute Gasteiger partial charge is 0.370 e. The molecule has 0 saturated carbocycles. The molecule has 5 rings (SSSR count). The molecule has 28 heavy (non-hydrogen) atoms. The number of carbonyl (C=O) groups excluding carboxylic acids is 1. The van der Waals surface area contributed by atoms with Gasteiger partial charge in [-0.15, -0.1) is 0 Å². The number of amides is 1. The molecule has 3 aromatic heterocycles. The Hall–Kier alpha value is -2.84. The summed E-state index contributed by atoms with van der Waals surface area (Å²) in [5, 5.41) is 3.37. The Kier molecular flexibility index (Phi) is 4.29. The monoisotopic (exact) mass is 378 g/mol. The number of ether oxygens (including phenoxy) is 1. The van der Waals surface area contributed by atoms with E-state index in [1.165, 1.54) is 0 Å². The first-order valence-corrected chi connectivity index (χ1v) is 9.57. The van der Waals surface area contributed by atoms with E-state index in [-0.39, 0.29) is 11.5 Å². The van der Waals surface area contributed by atoms with Crippen LogP contribution in [0.5, 0.6) is 0 Å². The molecule has 2 aliphatic rings. The van der Waals surface area contributed by atoms with Gasteiger partial charge in [-0.3, -0.25) is 9.78 Å². The minimum Gasteiger partial charge on any atom is -0.370 e. The summed E-state index contributed by atoms with van der Waals surface area (Å²) in [5.74, 6) is -0.0141. The molecule has 0 aromatic carbocycles. The van der Waals surface area contributed by atoms with Gasteiger partial charge in [-0.25, -0.2) is 9.97 Å². The Morgan fingerprint density at radius 1 is 1.29 bits per heavy atom. The maximum Gasteiger partial charge on any atom is 0.255 e. The van der Waals surface area contributed by atoms with Gasteiger partial charge in [0.1, 0.15) is 5.52 Å². The lowest BCUT2D eigenvalue weighted by molar-refractivity contribution is -0.0559. The molecule has 0 bridgehead atoms. The third-order valence-corrected chi connectivity index (χ3v) is 5.50. The number of hydrogen-bond donors (Lipinski definition) is 1. The lowest BCUT2D eigenvalue weighted by Gasteiger charge is -2.34. The minimum atomic E-state index is -0.240. The van der Waals surface area contributed by atoms with E-state index in [9.17, 15) is 4.79 Å².